The van der Waals surface area contributed by atoms with Crippen molar-refractivity contribution in [3.8, 4) is 0 Å². The molecule has 0 aromatic heterocycles. The molecule has 0 bridgehead atoms. The summed E-state index contributed by atoms with van der Waals surface area (Å²) in [7, 11) is 0. The van der Waals surface area contributed by atoms with Gasteiger partial charge in [-0.1, -0.05) is 19.8 Å². The zero-order valence-corrected chi connectivity index (χ0v) is 15.6. The van der Waals surface area contributed by atoms with E-state index in [0.717, 1.165) is 38.0 Å². The van der Waals surface area contributed by atoms with Gasteiger partial charge in [0.15, 0.2) is 0 Å². The van der Waals surface area contributed by atoms with E-state index in [1.165, 1.54) is 36.8 Å². The highest BCUT2D eigenvalue weighted by atomic mass is 16.2. The molecule has 0 atom stereocenters. The molecule has 1 saturated heterocycles. The average Bonchev–Trinajstić information content (AvgIpc) is 2.64. The number of unbranched alkanes of at least 4 members (excludes halogenated alkanes) is 2. The topological polar surface area (TPSA) is 52.7 Å². The van der Waals surface area contributed by atoms with Crippen molar-refractivity contribution in [2.75, 3.05) is 36.0 Å². The van der Waals surface area contributed by atoms with Crippen LogP contribution >= 0.6 is 0 Å². The Kier molecular flexibility index (Phi) is 7.76. The molecule has 2 amide bonds. The Labute approximate surface area is 151 Å². The van der Waals surface area contributed by atoms with Crippen molar-refractivity contribution in [1.29, 1.82) is 0 Å². The highest BCUT2D eigenvalue weighted by Gasteiger charge is 2.16. The molecule has 5 heteroatoms. The number of amides is 2. The van der Waals surface area contributed by atoms with Crippen molar-refractivity contribution < 1.29 is 9.59 Å². The second kappa shape index (κ2) is 10.1. The van der Waals surface area contributed by atoms with E-state index in [9.17, 15) is 9.59 Å². The largest absolute Gasteiger partial charge is 0.372 e. The number of piperidine rings is 1. The van der Waals surface area contributed by atoms with Gasteiger partial charge in [-0.3, -0.25) is 9.59 Å². The van der Waals surface area contributed by atoms with E-state index in [0.29, 0.717) is 6.54 Å². The van der Waals surface area contributed by atoms with Crippen molar-refractivity contribution in [2.45, 2.75) is 52.4 Å². The number of benzene rings is 1. The molecule has 0 aliphatic carbocycles. The van der Waals surface area contributed by atoms with Gasteiger partial charge < -0.3 is 15.1 Å². The van der Waals surface area contributed by atoms with Crippen LogP contribution in [0.1, 0.15) is 52.4 Å². The van der Waals surface area contributed by atoms with Crippen LogP contribution in [-0.4, -0.2) is 38.0 Å². The first-order valence-electron chi connectivity index (χ1n) is 9.51. The minimum absolute atomic E-state index is 0.0739. The Morgan fingerprint density at radius 1 is 1.08 bits per heavy atom. The molecule has 0 spiro atoms. The first-order valence-corrected chi connectivity index (χ1v) is 9.51. The van der Waals surface area contributed by atoms with Crippen molar-refractivity contribution in [2.24, 2.45) is 0 Å². The average molecular weight is 345 g/mol. The second-order valence-electron chi connectivity index (χ2n) is 6.73. The maximum absolute atomic E-state index is 12.1. The first kappa shape index (κ1) is 19.3. The summed E-state index contributed by atoms with van der Waals surface area (Å²) in [4.78, 5) is 28.0. The summed E-state index contributed by atoms with van der Waals surface area (Å²) in [6.45, 7) is 6.57. The number of nitrogens with one attached hydrogen (secondary N) is 1. The van der Waals surface area contributed by atoms with Crippen LogP contribution in [0.25, 0.3) is 0 Å². The van der Waals surface area contributed by atoms with Gasteiger partial charge in [-0.25, -0.2) is 0 Å². The van der Waals surface area contributed by atoms with Gasteiger partial charge in [0.05, 0.1) is 0 Å². The number of hydrogen-bond acceptors (Lipinski definition) is 3. The second-order valence-corrected chi connectivity index (χ2v) is 6.73. The Hall–Kier alpha value is -2.04. The van der Waals surface area contributed by atoms with Crippen LogP contribution in [0.2, 0.25) is 0 Å². The van der Waals surface area contributed by atoms with Crippen LogP contribution in [0.3, 0.4) is 0 Å². The summed E-state index contributed by atoms with van der Waals surface area (Å²) >= 11 is 0. The number of carbonyl (C=O) groups is 2. The fraction of sp³-hybridized carbons (Fsp3) is 0.600. The molecule has 25 heavy (non-hydrogen) atoms. The molecule has 5 nitrogen and oxygen atoms in total. The van der Waals surface area contributed by atoms with Gasteiger partial charge in [0.2, 0.25) is 11.8 Å². The van der Waals surface area contributed by atoms with Crippen molar-refractivity contribution >= 4 is 23.2 Å². The Morgan fingerprint density at radius 3 is 2.36 bits per heavy atom. The van der Waals surface area contributed by atoms with Crippen molar-refractivity contribution in [1.82, 2.24) is 5.32 Å². The van der Waals surface area contributed by atoms with E-state index in [1.807, 2.05) is 12.1 Å². The molecule has 1 aliphatic heterocycles. The van der Waals surface area contributed by atoms with Crippen LogP contribution < -0.4 is 15.1 Å². The van der Waals surface area contributed by atoms with E-state index in [2.05, 4.69) is 29.3 Å². The SMILES string of the molecule is CCCCCNC(=O)CN(C(C)=O)c1ccc(N2CCCCC2)cc1. The molecule has 1 aromatic carbocycles. The van der Waals surface area contributed by atoms with Gasteiger partial charge >= 0.3 is 0 Å². The zero-order valence-electron chi connectivity index (χ0n) is 15.6. The molecule has 0 radical (unpaired) electrons. The van der Waals surface area contributed by atoms with Crippen LogP contribution in [0, 0.1) is 0 Å². The van der Waals surface area contributed by atoms with Gasteiger partial charge in [-0.15, -0.1) is 0 Å². The van der Waals surface area contributed by atoms with E-state index in [1.54, 1.807) is 0 Å². The Balaban J connectivity index is 1.94. The highest BCUT2D eigenvalue weighted by Crippen LogP contribution is 2.23. The summed E-state index contributed by atoms with van der Waals surface area (Å²) in [5.41, 5.74) is 1.97. The van der Waals surface area contributed by atoms with Crippen LogP contribution in [0.4, 0.5) is 11.4 Å². The molecule has 0 unspecified atom stereocenters. The number of hydrogen-bond donors (Lipinski definition) is 1. The minimum Gasteiger partial charge on any atom is -0.372 e. The molecule has 0 saturated carbocycles. The van der Waals surface area contributed by atoms with Crippen molar-refractivity contribution in [3.63, 3.8) is 0 Å². The van der Waals surface area contributed by atoms with E-state index >= 15 is 0 Å². The predicted molar refractivity (Wildman–Crippen MR) is 103 cm³/mol. The molecule has 1 N–H and O–H groups in total. The summed E-state index contributed by atoms with van der Waals surface area (Å²) in [6.07, 6.45) is 6.99. The summed E-state index contributed by atoms with van der Waals surface area (Å²) in [5, 5.41) is 2.89. The lowest BCUT2D eigenvalue weighted by molar-refractivity contribution is -0.123. The van der Waals surface area contributed by atoms with Crippen molar-refractivity contribution in [3.05, 3.63) is 24.3 Å². The summed E-state index contributed by atoms with van der Waals surface area (Å²) in [6, 6.07) is 7.98. The predicted octanol–water partition coefficient (Wildman–Crippen LogP) is 3.34. The fourth-order valence-electron chi connectivity index (χ4n) is 3.18. The highest BCUT2D eigenvalue weighted by molar-refractivity contribution is 5.97. The lowest BCUT2D eigenvalue weighted by Gasteiger charge is -2.29. The molecule has 1 heterocycles. The van der Waals surface area contributed by atoms with Gasteiger partial charge in [-0.05, 0) is 49.9 Å². The fourth-order valence-corrected chi connectivity index (χ4v) is 3.18. The molecule has 1 aromatic rings. The maximum atomic E-state index is 12.1. The Bertz CT molecular complexity index is 551. The van der Waals surface area contributed by atoms with Crippen LogP contribution in [0.5, 0.6) is 0 Å². The maximum Gasteiger partial charge on any atom is 0.240 e. The molecular formula is C20H31N3O2. The molecule has 1 fully saturated rings. The molecular weight excluding hydrogens is 314 g/mol. The first-order chi connectivity index (χ1) is 12.1. The third kappa shape index (κ3) is 6.07. The quantitative estimate of drug-likeness (QED) is 0.735. The standard InChI is InChI=1S/C20H31N3O2/c1-3-4-6-13-21-20(25)16-23(17(2)24)19-11-9-18(10-12-19)22-14-7-5-8-15-22/h9-12H,3-8,13-16H2,1-2H3,(H,21,25). The van der Waals surface area contributed by atoms with Gasteiger partial charge in [0.25, 0.3) is 0 Å². The van der Waals surface area contributed by atoms with Crippen LogP contribution in [-0.2, 0) is 9.59 Å². The van der Waals surface area contributed by atoms with Gasteiger partial charge in [0, 0.05) is 37.9 Å². The molecule has 138 valence electrons. The molecule has 2 rings (SSSR count). The number of carbonyl (C=O) groups excluding carboxylic acids is 2. The number of rotatable bonds is 8. The van der Waals surface area contributed by atoms with Crippen LogP contribution in [0.15, 0.2) is 24.3 Å². The number of anilines is 2. The normalized spacial score (nSPS) is 14.2. The summed E-state index contributed by atoms with van der Waals surface area (Å²) in [5.74, 6) is -0.221. The lowest BCUT2D eigenvalue weighted by atomic mass is 10.1. The lowest BCUT2D eigenvalue weighted by Crippen LogP contribution is -2.40. The number of nitrogens with zero attached hydrogens (tertiary/aromatic N) is 2. The van der Waals surface area contributed by atoms with E-state index in [4.69, 9.17) is 0 Å². The van der Waals surface area contributed by atoms with E-state index in [-0.39, 0.29) is 18.4 Å². The van der Waals surface area contributed by atoms with E-state index < -0.39 is 0 Å². The zero-order chi connectivity index (χ0) is 18.1. The third-order valence-corrected chi connectivity index (χ3v) is 4.67. The Morgan fingerprint density at radius 2 is 1.76 bits per heavy atom. The summed E-state index contributed by atoms with van der Waals surface area (Å²) < 4.78 is 0. The minimum atomic E-state index is -0.116. The third-order valence-electron chi connectivity index (χ3n) is 4.67. The van der Waals surface area contributed by atoms with Gasteiger partial charge in [0.1, 0.15) is 6.54 Å². The van der Waals surface area contributed by atoms with Gasteiger partial charge in [-0.2, -0.15) is 0 Å². The smallest absolute Gasteiger partial charge is 0.240 e. The monoisotopic (exact) mass is 345 g/mol. The molecule has 1 aliphatic rings.